The van der Waals surface area contributed by atoms with Gasteiger partial charge in [-0.05, 0) is 25.5 Å². The Morgan fingerprint density at radius 3 is 2.76 bits per heavy atom. The fourth-order valence-electron chi connectivity index (χ4n) is 1.74. The molecule has 5 heteroatoms. The van der Waals surface area contributed by atoms with Gasteiger partial charge in [0.2, 0.25) is 0 Å². The smallest absolute Gasteiger partial charge is 0.120 e. The van der Waals surface area contributed by atoms with Crippen LogP contribution in [0.4, 0.5) is 0 Å². The van der Waals surface area contributed by atoms with Gasteiger partial charge in [0.1, 0.15) is 11.8 Å². The maximum absolute atomic E-state index is 11.1. The van der Waals surface area contributed by atoms with Crippen LogP contribution < -0.4 is 5.32 Å². The van der Waals surface area contributed by atoms with Crippen molar-refractivity contribution in [2.75, 3.05) is 12.0 Å². The van der Waals surface area contributed by atoms with Crippen LogP contribution in [0.15, 0.2) is 6.07 Å². The molecule has 4 nitrogen and oxygen atoms in total. The van der Waals surface area contributed by atoms with Crippen LogP contribution in [0.3, 0.4) is 0 Å². The van der Waals surface area contributed by atoms with Crippen molar-refractivity contribution in [1.82, 2.24) is 9.88 Å². The summed E-state index contributed by atoms with van der Waals surface area (Å²) in [5.74, 6) is 0.650. The predicted molar refractivity (Wildman–Crippen MR) is 70.1 cm³/mol. The van der Waals surface area contributed by atoms with E-state index in [4.69, 9.17) is 5.26 Å². The molecule has 0 saturated carbocycles. The molecule has 0 aliphatic heterocycles. The highest BCUT2D eigenvalue weighted by Crippen LogP contribution is 2.13. The molecular formula is C12H19N3OS. The third-order valence-electron chi connectivity index (χ3n) is 2.88. The van der Waals surface area contributed by atoms with Crippen molar-refractivity contribution >= 4 is 10.8 Å². The molecule has 1 aromatic heterocycles. The first-order valence-corrected chi connectivity index (χ1v) is 7.27. The molecule has 1 heterocycles. The molecule has 0 spiro atoms. The lowest BCUT2D eigenvalue weighted by Gasteiger charge is -2.12. The molecular weight excluding hydrogens is 234 g/mol. The number of nitrogens with zero attached hydrogens (tertiary/aromatic N) is 2. The van der Waals surface area contributed by atoms with Crippen LogP contribution in [0.5, 0.6) is 0 Å². The Kier molecular flexibility index (Phi) is 4.91. The van der Waals surface area contributed by atoms with Crippen molar-refractivity contribution in [2.24, 2.45) is 7.05 Å². The summed E-state index contributed by atoms with van der Waals surface area (Å²) in [7, 11) is 1.11. The molecule has 0 amide bonds. The summed E-state index contributed by atoms with van der Waals surface area (Å²) in [6, 6.07) is 4.28. The highest BCUT2D eigenvalue weighted by Gasteiger charge is 2.10. The minimum absolute atomic E-state index is 0.214. The summed E-state index contributed by atoms with van der Waals surface area (Å²) in [5, 5.41) is 12.2. The molecule has 0 saturated heterocycles. The fraction of sp³-hybridized carbons (Fsp3) is 0.583. The van der Waals surface area contributed by atoms with Gasteiger partial charge in [-0.15, -0.1) is 0 Å². The van der Waals surface area contributed by atoms with Gasteiger partial charge in [0.15, 0.2) is 0 Å². The summed E-state index contributed by atoms with van der Waals surface area (Å²) in [6.45, 7) is 4.73. The number of rotatable bonds is 5. The maximum atomic E-state index is 11.1. The first kappa shape index (κ1) is 13.9. The molecule has 1 rings (SSSR count). The van der Waals surface area contributed by atoms with Gasteiger partial charge in [0, 0.05) is 48.1 Å². The van der Waals surface area contributed by atoms with E-state index in [1.165, 1.54) is 0 Å². The van der Waals surface area contributed by atoms with E-state index in [9.17, 15) is 4.21 Å². The summed E-state index contributed by atoms with van der Waals surface area (Å²) in [6.07, 6.45) is 1.71. The lowest BCUT2D eigenvalue weighted by atomic mass is 10.2. The maximum Gasteiger partial charge on any atom is 0.120 e. The van der Waals surface area contributed by atoms with Crippen LogP contribution in [-0.4, -0.2) is 26.8 Å². The predicted octanol–water partition coefficient (Wildman–Crippen LogP) is 1.06. The molecule has 0 fully saturated rings. The number of nitriles is 1. The second-order valence-electron chi connectivity index (χ2n) is 4.33. The van der Waals surface area contributed by atoms with E-state index in [0.717, 1.165) is 11.3 Å². The van der Waals surface area contributed by atoms with Crippen molar-refractivity contribution < 1.29 is 4.21 Å². The zero-order valence-corrected chi connectivity index (χ0v) is 11.6. The van der Waals surface area contributed by atoms with Crippen molar-refractivity contribution in [2.45, 2.75) is 26.4 Å². The first-order valence-electron chi connectivity index (χ1n) is 5.54. The van der Waals surface area contributed by atoms with E-state index in [1.807, 2.05) is 31.5 Å². The van der Waals surface area contributed by atoms with Gasteiger partial charge in [-0.3, -0.25) is 4.21 Å². The Morgan fingerprint density at radius 2 is 2.29 bits per heavy atom. The zero-order chi connectivity index (χ0) is 13.0. The van der Waals surface area contributed by atoms with E-state index in [0.29, 0.717) is 18.0 Å². The highest BCUT2D eigenvalue weighted by molar-refractivity contribution is 7.84. The quantitative estimate of drug-likeness (QED) is 0.853. The Labute approximate surface area is 105 Å². The van der Waals surface area contributed by atoms with Gasteiger partial charge in [-0.2, -0.15) is 5.26 Å². The molecule has 94 valence electrons. The Morgan fingerprint density at radius 1 is 1.65 bits per heavy atom. The second kappa shape index (κ2) is 5.99. The molecule has 2 atom stereocenters. The van der Waals surface area contributed by atoms with E-state index < -0.39 is 10.8 Å². The first-order chi connectivity index (χ1) is 7.95. The number of hydrogen-bond acceptors (Lipinski definition) is 3. The van der Waals surface area contributed by atoms with Crippen LogP contribution >= 0.6 is 0 Å². The van der Waals surface area contributed by atoms with Crippen LogP contribution in [0, 0.1) is 18.3 Å². The van der Waals surface area contributed by atoms with Crippen LogP contribution in [0.25, 0.3) is 0 Å². The molecule has 17 heavy (non-hydrogen) atoms. The average Bonchev–Trinajstić information content (AvgIpc) is 2.52. The molecule has 0 aromatic carbocycles. The molecule has 0 radical (unpaired) electrons. The van der Waals surface area contributed by atoms with Gasteiger partial charge >= 0.3 is 0 Å². The largest absolute Gasteiger partial charge is 0.340 e. The normalized spacial score (nSPS) is 14.3. The molecule has 1 N–H and O–H groups in total. The molecule has 0 aliphatic rings. The van der Waals surface area contributed by atoms with E-state index in [-0.39, 0.29) is 6.04 Å². The fourth-order valence-corrected chi connectivity index (χ4v) is 2.57. The Balaban J connectivity index is 2.64. The molecule has 0 bridgehead atoms. The van der Waals surface area contributed by atoms with Crippen molar-refractivity contribution in [3.63, 3.8) is 0 Å². The van der Waals surface area contributed by atoms with Crippen molar-refractivity contribution in [3.05, 3.63) is 23.0 Å². The van der Waals surface area contributed by atoms with Crippen LogP contribution in [0.1, 0.15) is 23.9 Å². The van der Waals surface area contributed by atoms with Gasteiger partial charge in [-0.25, -0.2) is 0 Å². The summed E-state index contributed by atoms with van der Waals surface area (Å²) >= 11 is 0. The van der Waals surface area contributed by atoms with E-state index >= 15 is 0 Å². The van der Waals surface area contributed by atoms with Gasteiger partial charge in [-0.1, -0.05) is 0 Å². The van der Waals surface area contributed by atoms with E-state index in [1.54, 1.807) is 6.26 Å². The number of hydrogen-bond donors (Lipinski definition) is 1. The van der Waals surface area contributed by atoms with Crippen LogP contribution in [-0.2, 0) is 24.4 Å². The summed E-state index contributed by atoms with van der Waals surface area (Å²) < 4.78 is 12.9. The molecule has 2 unspecified atom stereocenters. The minimum atomic E-state index is -0.780. The monoisotopic (exact) mass is 253 g/mol. The zero-order valence-electron chi connectivity index (χ0n) is 10.8. The highest BCUT2D eigenvalue weighted by atomic mass is 32.2. The Bertz CT molecular complexity index is 459. The SMILES string of the molecule is Cc1c(CNC(C)CS(C)=O)cc(C#N)n1C. The second-order valence-corrected chi connectivity index (χ2v) is 5.81. The number of nitrogens with one attached hydrogen (secondary N) is 1. The van der Waals surface area contributed by atoms with Gasteiger partial charge in [0.05, 0.1) is 0 Å². The lowest BCUT2D eigenvalue weighted by Crippen LogP contribution is -2.30. The van der Waals surface area contributed by atoms with Gasteiger partial charge in [0.25, 0.3) is 0 Å². The molecule has 1 aromatic rings. The summed E-state index contributed by atoms with van der Waals surface area (Å²) in [4.78, 5) is 0. The van der Waals surface area contributed by atoms with Crippen molar-refractivity contribution in [3.8, 4) is 6.07 Å². The van der Waals surface area contributed by atoms with Crippen molar-refractivity contribution in [1.29, 1.82) is 5.26 Å². The van der Waals surface area contributed by atoms with E-state index in [2.05, 4.69) is 11.4 Å². The minimum Gasteiger partial charge on any atom is -0.340 e. The lowest BCUT2D eigenvalue weighted by molar-refractivity contribution is 0.585. The summed E-state index contributed by atoms with van der Waals surface area (Å²) in [5.41, 5.74) is 2.89. The number of aromatic nitrogens is 1. The average molecular weight is 253 g/mol. The topological polar surface area (TPSA) is 57.8 Å². The Hall–Kier alpha value is -1.12. The molecule has 0 aliphatic carbocycles. The standard InChI is InChI=1S/C12H19N3OS/c1-9(8-17(4)16)14-7-11-5-12(6-13)15(3)10(11)2/h5,9,14H,7-8H2,1-4H3. The third-order valence-corrected chi connectivity index (χ3v) is 3.85. The van der Waals surface area contributed by atoms with Crippen LogP contribution in [0.2, 0.25) is 0 Å². The third kappa shape index (κ3) is 3.69. The van der Waals surface area contributed by atoms with Gasteiger partial charge < -0.3 is 9.88 Å².